The maximum absolute atomic E-state index is 12.2. The summed E-state index contributed by atoms with van der Waals surface area (Å²) in [5, 5.41) is 33.0. The number of nitrogens with zero attached hydrogens (tertiary/aromatic N) is 3. The third-order valence-electron chi connectivity index (χ3n) is 4.63. The number of nitrogen functional groups attached to an aromatic ring is 1. The molecule has 148 valence electrons. The van der Waals surface area contributed by atoms with Crippen molar-refractivity contribution in [2.24, 2.45) is 0 Å². The zero-order valence-electron chi connectivity index (χ0n) is 14.7. The van der Waals surface area contributed by atoms with Crippen LogP contribution in [0, 0.1) is 0 Å². The molecule has 0 spiro atoms. The molecule has 0 bridgehead atoms. The highest BCUT2D eigenvalue weighted by atomic mass is 16.6. The summed E-state index contributed by atoms with van der Waals surface area (Å²) in [6, 6.07) is 9.49. The second-order valence-corrected chi connectivity index (χ2v) is 6.50. The molecule has 11 nitrogen and oxygen atoms in total. The lowest BCUT2D eigenvalue weighted by atomic mass is 10.1. The van der Waals surface area contributed by atoms with Crippen LogP contribution in [-0.2, 0) is 11.3 Å². The van der Waals surface area contributed by atoms with E-state index < -0.39 is 36.7 Å². The number of rotatable bonds is 5. The summed E-state index contributed by atoms with van der Waals surface area (Å²) in [6.07, 6.45) is -4.79. The lowest BCUT2D eigenvalue weighted by molar-refractivity contribution is -0.0501. The smallest absolute Gasteiger partial charge is 0.280 e. The van der Waals surface area contributed by atoms with Gasteiger partial charge in [0.25, 0.3) is 5.56 Å². The van der Waals surface area contributed by atoms with Gasteiger partial charge in [0.1, 0.15) is 18.3 Å². The van der Waals surface area contributed by atoms with E-state index in [0.717, 1.165) is 5.56 Å². The van der Waals surface area contributed by atoms with Gasteiger partial charge in [-0.3, -0.25) is 14.3 Å². The molecule has 2 aromatic heterocycles. The average Bonchev–Trinajstić information content (AvgIpc) is 3.18. The van der Waals surface area contributed by atoms with Gasteiger partial charge in [-0.05, 0) is 5.56 Å². The standard InChI is InChI=1S/C17H20N6O5/c18-16-21-13-10(14(27)22-16)20-17(19-6-8-4-2-1-3-5-8)23(13)15-12(26)11(25)9(7-24)28-15/h1-5,9,11-12,15,24-26H,6-7H2,(H,19,20)(H3,18,21,22,27)/t9-,11+,12-,15-/m0/s1. The van der Waals surface area contributed by atoms with Crippen molar-refractivity contribution in [3.05, 3.63) is 46.2 Å². The van der Waals surface area contributed by atoms with Gasteiger partial charge in [0.2, 0.25) is 11.9 Å². The normalized spacial score (nSPS) is 24.7. The number of nitrogens with two attached hydrogens (primary N) is 1. The van der Waals surface area contributed by atoms with Gasteiger partial charge in [-0.25, -0.2) is 4.98 Å². The molecule has 1 aliphatic rings. The second kappa shape index (κ2) is 7.20. The van der Waals surface area contributed by atoms with Gasteiger partial charge >= 0.3 is 0 Å². The highest BCUT2D eigenvalue weighted by molar-refractivity contribution is 5.74. The van der Waals surface area contributed by atoms with Crippen LogP contribution in [0.25, 0.3) is 11.2 Å². The topological polar surface area (TPSA) is 172 Å². The summed E-state index contributed by atoms with van der Waals surface area (Å²) in [6.45, 7) is -0.101. The SMILES string of the molecule is Nc1nc2c(nc(NCc3ccccc3)n2[C@H]2O[C@@H](CO)[C@@H](O)[C@@H]2O)c(=O)[nH]1. The maximum Gasteiger partial charge on any atom is 0.280 e. The summed E-state index contributed by atoms with van der Waals surface area (Å²) >= 11 is 0. The van der Waals surface area contributed by atoms with Gasteiger partial charge < -0.3 is 31.1 Å². The largest absolute Gasteiger partial charge is 0.394 e. The van der Waals surface area contributed by atoms with Gasteiger partial charge in [-0.1, -0.05) is 30.3 Å². The fraction of sp³-hybridized carbons (Fsp3) is 0.353. The first-order valence-corrected chi connectivity index (χ1v) is 8.67. The minimum absolute atomic E-state index is 0.00231. The molecule has 0 amide bonds. The number of hydrogen-bond donors (Lipinski definition) is 6. The highest BCUT2D eigenvalue weighted by Gasteiger charge is 2.45. The number of hydrogen-bond acceptors (Lipinski definition) is 9. The number of benzene rings is 1. The third-order valence-corrected chi connectivity index (χ3v) is 4.63. The van der Waals surface area contributed by atoms with Gasteiger partial charge in [0.15, 0.2) is 17.4 Å². The van der Waals surface area contributed by atoms with Crippen LogP contribution in [0.1, 0.15) is 11.8 Å². The van der Waals surface area contributed by atoms with Crippen molar-refractivity contribution in [3.8, 4) is 0 Å². The number of fused-ring (bicyclic) bond motifs is 1. The molecule has 4 atom stereocenters. The van der Waals surface area contributed by atoms with Crippen molar-refractivity contribution in [1.82, 2.24) is 19.5 Å². The van der Waals surface area contributed by atoms with Crippen LogP contribution >= 0.6 is 0 Å². The molecule has 11 heteroatoms. The van der Waals surface area contributed by atoms with E-state index in [1.807, 2.05) is 30.3 Å². The maximum atomic E-state index is 12.2. The highest BCUT2D eigenvalue weighted by Crippen LogP contribution is 2.34. The van der Waals surface area contributed by atoms with E-state index in [1.54, 1.807) is 0 Å². The van der Waals surface area contributed by atoms with E-state index in [1.165, 1.54) is 4.57 Å². The van der Waals surface area contributed by atoms with Crippen LogP contribution in [0.3, 0.4) is 0 Å². The Balaban J connectivity index is 1.79. The van der Waals surface area contributed by atoms with Crippen LogP contribution in [0.4, 0.5) is 11.9 Å². The first kappa shape index (κ1) is 18.4. The Kier molecular flexibility index (Phi) is 4.73. The first-order valence-electron chi connectivity index (χ1n) is 8.67. The summed E-state index contributed by atoms with van der Waals surface area (Å²) in [7, 11) is 0. The summed E-state index contributed by atoms with van der Waals surface area (Å²) in [5.74, 6) is 0.0808. The third kappa shape index (κ3) is 3.10. The van der Waals surface area contributed by atoms with Crippen molar-refractivity contribution in [2.75, 3.05) is 17.7 Å². The lowest BCUT2D eigenvalue weighted by Gasteiger charge is -2.19. The molecule has 1 aromatic carbocycles. The van der Waals surface area contributed by atoms with Crippen LogP contribution in [0.2, 0.25) is 0 Å². The van der Waals surface area contributed by atoms with Crippen molar-refractivity contribution in [1.29, 1.82) is 0 Å². The van der Waals surface area contributed by atoms with E-state index in [-0.39, 0.29) is 23.1 Å². The number of imidazole rings is 1. The lowest BCUT2D eigenvalue weighted by Crippen LogP contribution is -2.33. The number of aliphatic hydroxyl groups is 3. The molecule has 3 aromatic rings. The number of aromatic nitrogens is 4. The van der Waals surface area contributed by atoms with E-state index in [9.17, 15) is 20.1 Å². The summed E-state index contributed by atoms with van der Waals surface area (Å²) in [4.78, 5) is 23.0. The Morgan fingerprint density at radius 3 is 2.64 bits per heavy atom. The Labute approximate surface area is 158 Å². The van der Waals surface area contributed by atoms with E-state index in [4.69, 9.17) is 10.5 Å². The molecular weight excluding hydrogens is 368 g/mol. The van der Waals surface area contributed by atoms with Crippen molar-refractivity contribution >= 4 is 23.1 Å². The molecule has 0 unspecified atom stereocenters. The van der Waals surface area contributed by atoms with E-state index >= 15 is 0 Å². The molecule has 0 radical (unpaired) electrons. The molecule has 4 rings (SSSR count). The Bertz CT molecular complexity index is 1040. The van der Waals surface area contributed by atoms with Gasteiger partial charge in [-0.15, -0.1) is 0 Å². The fourth-order valence-electron chi connectivity index (χ4n) is 3.24. The van der Waals surface area contributed by atoms with Gasteiger partial charge in [-0.2, -0.15) is 4.98 Å². The molecule has 7 N–H and O–H groups in total. The monoisotopic (exact) mass is 388 g/mol. The van der Waals surface area contributed by atoms with Gasteiger partial charge in [0.05, 0.1) is 6.61 Å². The molecule has 0 saturated carbocycles. The average molecular weight is 388 g/mol. The molecule has 0 aliphatic carbocycles. The van der Waals surface area contributed by atoms with Crippen LogP contribution in [-0.4, -0.2) is 59.8 Å². The summed E-state index contributed by atoms with van der Waals surface area (Å²) in [5.41, 5.74) is 6.17. The number of aromatic amines is 1. The molecule has 1 fully saturated rings. The fourth-order valence-corrected chi connectivity index (χ4v) is 3.24. The number of ether oxygens (including phenoxy) is 1. The minimum atomic E-state index is -1.37. The second-order valence-electron chi connectivity index (χ2n) is 6.50. The Morgan fingerprint density at radius 2 is 1.96 bits per heavy atom. The first-order chi connectivity index (χ1) is 13.5. The van der Waals surface area contributed by atoms with E-state index in [0.29, 0.717) is 6.54 Å². The number of H-pyrrole nitrogens is 1. The number of nitrogens with one attached hydrogen (secondary N) is 2. The zero-order valence-corrected chi connectivity index (χ0v) is 14.7. The quantitative estimate of drug-likeness (QED) is 0.318. The molecular formula is C17H20N6O5. The Hall–Kier alpha value is -2.99. The minimum Gasteiger partial charge on any atom is -0.394 e. The van der Waals surface area contributed by atoms with Gasteiger partial charge in [0, 0.05) is 6.54 Å². The van der Waals surface area contributed by atoms with Crippen molar-refractivity contribution in [3.63, 3.8) is 0 Å². The predicted octanol–water partition coefficient (Wildman–Crippen LogP) is -1.07. The molecule has 1 aliphatic heterocycles. The molecule has 1 saturated heterocycles. The van der Waals surface area contributed by atoms with Crippen LogP contribution < -0.4 is 16.6 Å². The zero-order chi connectivity index (χ0) is 19.8. The van der Waals surface area contributed by atoms with Crippen LogP contribution in [0.5, 0.6) is 0 Å². The number of aliphatic hydroxyl groups excluding tert-OH is 3. The van der Waals surface area contributed by atoms with Crippen molar-refractivity contribution < 1.29 is 20.1 Å². The molecule has 3 heterocycles. The number of anilines is 2. The van der Waals surface area contributed by atoms with E-state index in [2.05, 4.69) is 20.3 Å². The Morgan fingerprint density at radius 1 is 1.21 bits per heavy atom. The predicted molar refractivity (Wildman–Crippen MR) is 99.3 cm³/mol. The van der Waals surface area contributed by atoms with Crippen molar-refractivity contribution in [2.45, 2.75) is 31.1 Å². The summed E-state index contributed by atoms with van der Waals surface area (Å²) < 4.78 is 6.97. The molecule has 28 heavy (non-hydrogen) atoms. The van der Waals surface area contributed by atoms with Crippen LogP contribution in [0.15, 0.2) is 35.1 Å².